The zero-order valence-electron chi connectivity index (χ0n) is 11.5. The number of carbonyl (C=O) groups is 2. The number of amides is 1. The molecular formula is C14H17F3N2O2. The molecule has 0 bridgehead atoms. The molecule has 116 valence electrons. The second-order valence-corrected chi connectivity index (χ2v) is 5.19. The van der Waals surface area contributed by atoms with E-state index in [4.69, 9.17) is 0 Å². The number of alkyl halides is 3. The van der Waals surface area contributed by atoms with Crippen LogP contribution in [0.15, 0.2) is 18.5 Å². The van der Waals surface area contributed by atoms with Crippen molar-refractivity contribution in [2.24, 2.45) is 0 Å². The zero-order chi connectivity index (χ0) is 15.5. The Hall–Kier alpha value is -1.79. The van der Waals surface area contributed by atoms with E-state index in [1.165, 1.54) is 10.8 Å². The lowest BCUT2D eigenvalue weighted by Crippen LogP contribution is -2.34. The van der Waals surface area contributed by atoms with Crippen LogP contribution < -0.4 is 0 Å². The van der Waals surface area contributed by atoms with Gasteiger partial charge < -0.3 is 9.47 Å². The van der Waals surface area contributed by atoms with Crippen molar-refractivity contribution >= 4 is 11.7 Å². The average molecular weight is 302 g/mol. The van der Waals surface area contributed by atoms with Gasteiger partial charge in [-0.3, -0.25) is 9.59 Å². The number of halogens is 3. The van der Waals surface area contributed by atoms with Gasteiger partial charge in [-0.25, -0.2) is 0 Å². The second-order valence-electron chi connectivity index (χ2n) is 5.19. The maximum absolute atomic E-state index is 12.3. The third-order valence-corrected chi connectivity index (χ3v) is 3.55. The fraction of sp³-hybridized carbons (Fsp3) is 0.571. The van der Waals surface area contributed by atoms with E-state index in [2.05, 4.69) is 0 Å². The van der Waals surface area contributed by atoms with Gasteiger partial charge in [-0.15, -0.1) is 0 Å². The van der Waals surface area contributed by atoms with E-state index in [9.17, 15) is 22.8 Å². The molecule has 1 fully saturated rings. The lowest BCUT2D eigenvalue weighted by atomic mass is 10.2. The molecule has 1 aliphatic heterocycles. The van der Waals surface area contributed by atoms with Crippen LogP contribution in [-0.4, -0.2) is 40.4 Å². The van der Waals surface area contributed by atoms with Crippen molar-refractivity contribution in [3.05, 3.63) is 24.0 Å². The molecule has 0 atom stereocenters. The molecule has 2 rings (SSSR count). The molecule has 0 unspecified atom stereocenters. The van der Waals surface area contributed by atoms with Crippen molar-refractivity contribution in [2.75, 3.05) is 13.1 Å². The Morgan fingerprint density at radius 3 is 2.29 bits per heavy atom. The van der Waals surface area contributed by atoms with Gasteiger partial charge in [0.1, 0.15) is 6.54 Å². The first kappa shape index (κ1) is 15.6. The first-order valence-electron chi connectivity index (χ1n) is 6.93. The zero-order valence-corrected chi connectivity index (χ0v) is 11.5. The highest BCUT2D eigenvalue weighted by Gasteiger charge is 2.39. The quantitative estimate of drug-likeness (QED) is 0.806. The molecule has 1 amide bonds. The lowest BCUT2D eigenvalue weighted by Gasteiger charge is -2.20. The van der Waals surface area contributed by atoms with Crippen LogP contribution in [0.3, 0.4) is 0 Å². The molecule has 4 nitrogen and oxygen atoms in total. The van der Waals surface area contributed by atoms with Gasteiger partial charge in [0.05, 0.1) is 0 Å². The molecule has 0 radical (unpaired) electrons. The topological polar surface area (TPSA) is 42.3 Å². The predicted octanol–water partition coefficient (Wildman–Crippen LogP) is 2.64. The summed E-state index contributed by atoms with van der Waals surface area (Å²) in [5.41, 5.74) is -0.439. The summed E-state index contributed by atoms with van der Waals surface area (Å²) in [5.74, 6) is -2.01. The lowest BCUT2D eigenvalue weighted by molar-refractivity contribution is -0.131. The van der Waals surface area contributed by atoms with Crippen molar-refractivity contribution in [1.29, 1.82) is 0 Å². The van der Waals surface area contributed by atoms with Gasteiger partial charge in [0, 0.05) is 31.0 Å². The minimum Gasteiger partial charge on any atom is -0.344 e. The highest BCUT2D eigenvalue weighted by atomic mass is 19.4. The Labute approximate surface area is 120 Å². The molecule has 21 heavy (non-hydrogen) atoms. The summed E-state index contributed by atoms with van der Waals surface area (Å²) in [6.07, 6.45) is 1.61. The molecule has 0 spiro atoms. The van der Waals surface area contributed by atoms with Gasteiger partial charge in [-0.2, -0.15) is 13.2 Å². The van der Waals surface area contributed by atoms with Crippen LogP contribution in [0.5, 0.6) is 0 Å². The maximum Gasteiger partial charge on any atom is 0.454 e. The van der Waals surface area contributed by atoms with Crippen molar-refractivity contribution in [3.63, 3.8) is 0 Å². The Morgan fingerprint density at radius 2 is 1.71 bits per heavy atom. The second kappa shape index (κ2) is 6.32. The smallest absolute Gasteiger partial charge is 0.344 e. The van der Waals surface area contributed by atoms with Gasteiger partial charge >= 0.3 is 6.18 Å². The van der Waals surface area contributed by atoms with Crippen molar-refractivity contribution in [1.82, 2.24) is 9.47 Å². The van der Waals surface area contributed by atoms with E-state index >= 15 is 0 Å². The van der Waals surface area contributed by atoms with Crippen LogP contribution >= 0.6 is 0 Å². The number of hydrogen-bond donors (Lipinski definition) is 0. The molecule has 0 N–H and O–H groups in total. The van der Waals surface area contributed by atoms with Crippen molar-refractivity contribution < 1.29 is 22.8 Å². The third kappa shape index (κ3) is 4.09. The normalized spacial score (nSPS) is 16.6. The van der Waals surface area contributed by atoms with E-state index in [1.54, 1.807) is 4.90 Å². The molecule has 1 saturated heterocycles. The molecule has 2 heterocycles. The third-order valence-electron chi connectivity index (χ3n) is 3.55. The van der Waals surface area contributed by atoms with E-state index in [0.717, 1.165) is 37.9 Å². The molecule has 7 heteroatoms. The number of hydrogen-bond acceptors (Lipinski definition) is 2. The fourth-order valence-electron chi connectivity index (χ4n) is 2.41. The molecule has 1 aromatic heterocycles. The van der Waals surface area contributed by atoms with Crippen LogP contribution in [0.4, 0.5) is 13.2 Å². The number of carbonyl (C=O) groups excluding carboxylic acids is 2. The number of likely N-dealkylation sites (tertiary alicyclic amines) is 1. The summed E-state index contributed by atoms with van der Waals surface area (Å²) in [5, 5.41) is 0. The largest absolute Gasteiger partial charge is 0.454 e. The Bertz CT molecular complexity index is 515. The van der Waals surface area contributed by atoms with E-state index < -0.39 is 17.5 Å². The van der Waals surface area contributed by atoms with Crippen LogP contribution in [0.1, 0.15) is 36.0 Å². The van der Waals surface area contributed by atoms with Crippen LogP contribution in [-0.2, 0) is 11.3 Å². The molecular weight excluding hydrogens is 285 g/mol. The maximum atomic E-state index is 12.3. The van der Waals surface area contributed by atoms with Crippen molar-refractivity contribution in [2.45, 2.75) is 38.4 Å². The fourth-order valence-corrected chi connectivity index (χ4v) is 2.41. The first-order valence-corrected chi connectivity index (χ1v) is 6.93. The SMILES string of the molecule is O=C(Cn1ccc(C(=O)C(F)(F)F)c1)N1CCCCCC1. The average Bonchev–Trinajstić information content (AvgIpc) is 2.70. The first-order chi connectivity index (χ1) is 9.88. The van der Waals surface area contributed by atoms with Crippen LogP contribution in [0.25, 0.3) is 0 Å². The Kier molecular flexibility index (Phi) is 4.69. The molecule has 1 aliphatic rings. The molecule has 0 aliphatic carbocycles. The van der Waals surface area contributed by atoms with E-state index in [-0.39, 0.29) is 12.5 Å². The van der Waals surface area contributed by atoms with Crippen LogP contribution in [0.2, 0.25) is 0 Å². The molecule has 0 aromatic carbocycles. The number of nitrogens with zero attached hydrogens (tertiary/aromatic N) is 2. The summed E-state index contributed by atoms with van der Waals surface area (Å²) in [6, 6.07) is 1.09. The number of ketones is 1. The summed E-state index contributed by atoms with van der Waals surface area (Å²) in [6.45, 7) is 1.34. The molecule has 1 aromatic rings. The summed E-state index contributed by atoms with van der Waals surface area (Å²) in [4.78, 5) is 24.9. The van der Waals surface area contributed by atoms with Gasteiger partial charge in [-0.1, -0.05) is 12.8 Å². The van der Waals surface area contributed by atoms with Gasteiger partial charge in [0.25, 0.3) is 5.78 Å². The molecule has 0 saturated carbocycles. The van der Waals surface area contributed by atoms with Gasteiger partial charge in [0.2, 0.25) is 5.91 Å². The monoisotopic (exact) mass is 302 g/mol. The van der Waals surface area contributed by atoms with Crippen molar-refractivity contribution in [3.8, 4) is 0 Å². The minimum absolute atomic E-state index is 0.0366. The van der Waals surface area contributed by atoms with Gasteiger partial charge in [0.15, 0.2) is 0 Å². The van der Waals surface area contributed by atoms with Crippen LogP contribution in [0, 0.1) is 0 Å². The highest BCUT2D eigenvalue weighted by molar-refractivity contribution is 6.00. The Morgan fingerprint density at radius 1 is 1.10 bits per heavy atom. The van der Waals surface area contributed by atoms with E-state index in [0.29, 0.717) is 13.1 Å². The highest BCUT2D eigenvalue weighted by Crippen LogP contribution is 2.21. The summed E-state index contributed by atoms with van der Waals surface area (Å²) in [7, 11) is 0. The van der Waals surface area contributed by atoms with Gasteiger partial charge in [-0.05, 0) is 18.9 Å². The predicted molar refractivity (Wildman–Crippen MR) is 69.9 cm³/mol. The number of rotatable bonds is 3. The standard InChI is InChI=1S/C14H17F3N2O2/c15-14(16,17)13(21)11-5-8-18(9-11)10-12(20)19-6-3-1-2-4-7-19/h5,8-9H,1-4,6-7,10H2. The Balaban J connectivity index is 1.98. The van der Waals surface area contributed by atoms with E-state index in [1.807, 2.05) is 0 Å². The number of aromatic nitrogens is 1. The summed E-state index contributed by atoms with van der Waals surface area (Å²) >= 11 is 0. The number of Topliss-reactive ketones (excluding diaryl/α,β-unsaturated/α-hetero) is 1. The summed E-state index contributed by atoms with van der Waals surface area (Å²) < 4.78 is 38.3. The minimum atomic E-state index is -4.89.